The van der Waals surface area contributed by atoms with E-state index in [2.05, 4.69) is 12.2 Å². The number of allylic oxidation sites excluding steroid dienone is 4. The topological polar surface area (TPSA) is 0 Å². The fourth-order valence-electron chi connectivity index (χ4n) is 2.01. The van der Waals surface area contributed by atoms with Crippen LogP contribution in [0.1, 0.15) is 39.9 Å². The molecule has 0 spiro atoms. The average Bonchev–Trinajstić information content (AvgIpc) is 2.63. The Morgan fingerprint density at radius 1 is 1.45 bits per heavy atom. The molecule has 0 N–H and O–H groups in total. The first kappa shape index (κ1) is 6.05. The molecule has 60 valence electrons. The Hall–Kier alpha value is -0.520. The number of hydrogen-bond donors (Lipinski definition) is 0. The van der Waals surface area contributed by atoms with E-state index >= 15 is 0 Å². The third-order valence-electron chi connectivity index (χ3n) is 2.65. The third kappa shape index (κ3) is 1.74. The maximum Gasteiger partial charge on any atom is 0.0313 e. The van der Waals surface area contributed by atoms with E-state index in [0.717, 1.165) is 12.3 Å². The lowest BCUT2D eigenvalue weighted by Gasteiger charge is -2.02. The molecule has 2 aliphatic carbocycles. The molecule has 0 radical (unpaired) electrons. The van der Waals surface area contributed by atoms with Crippen LogP contribution in [-0.4, -0.2) is 0 Å². The minimum atomic E-state index is 0.0395. The second kappa shape index (κ2) is 3.25. The predicted molar refractivity (Wildman–Crippen MR) is 48.4 cm³/mol. The molecule has 1 unspecified atom stereocenters. The summed E-state index contributed by atoms with van der Waals surface area (Å²) >= 11 is 0. The summed E-state index contributed by atoms with van der Waals surface area (Å²) in [6.07, 6.45) is 13.1. The highest BCUT2D eigenvalue weighted by Gasteiger charge is 2.13. The van der Waals surface area contributed by atoms with Crippen LogP contribution in [0.25, 0.3) is 0 Å². The first-order chi connectivity index (χ1) is 5.84. The summed E-state index contributed by atoms with van der Waals surface area (Å²) in [6, 6.07) is 0. The second-order valence-corrected chi connectivity index (χ2v) is 3.59. The fourth-order valence-corrected chi connectivity index (χ4v) is 2.01. The van der Waals surface area contributed by atoms with Gasteiger partial charge in [-0.05, 0) is 31.6 Å². The molecule has 0 aliphatic heterocycles. The van der Waals surface area contributed by atoms with Crippen LogP contribution < -0.4 is 0 Å². The molecule has 2 aliphatic rings. The lowest BCUT2D eigenvalue weighted by molar-refractivity contribution is 0.680. The van der Waals surface area contributed by atoms with Gasteiger partial charge in [-0.3, -0.25) is 0 Å². The van der Waals surface area contributed by atoms with Crippen LogP contribution in [0.3, 0.4) is 0 Å². The summed E-state index contributed by atoms with van der Waals surface area (Å²) < 4.78 is 7.51. The van der Waals surface area contributed by atoms with Crippen molar-refractivity contribution in [3.8, 4) is 0 Å². The van der Waals surface area contributed by atoms with Gasteiger partial charge in [0.2, 0.25) is 0 Å². The molecule has 1 atom stereocenters. The Morgan fingerprint density at radius 3 is 2.91 bits per heavy atom. The lowest BCUT2D eigenvalue weighted by Crippen LogP contribution is -1.87. The molecule has 0 amide bonds. The maximum absolute atomic E-state index is 7.51. The molecule has 0 bridgehead atoms. The van der Waals surface area contributed by atoms with Crippen LogP contribution in [0.4, 0.5) is 0 Å². The van der Waals surface area contributed by atoms with Gasteiger partial charge in [0.05, 0.1) is 0 Å². The zero-order chi connectivity index (χ0) is 8.39. The zero-order valence-electron chi connectivity index (χ0n) is 7.92. The van der Waals surface area contributed by atoms with Gasteiger partial charge in [0.15, 0.2) is 0 Å². The first-order valence-electron chi connectivity index (χ1n) is 5.23. The minimum absolute atomic E-state index is 0.0395. The predicted octanol–water partition coefficient (Wildman–Crippen LogP) is 3.45. The Balaban J connectivity index is 1.95. The molecule has 0 aromatic rings. The fraction of sp³-hybridized carbons (Fsp3) is 0.636. The number of rotatable bonds is 1. The number of hydrogen-bond acceptors (Lipinski definition) is 0. The van der Waals surface area contributed by atoms with Gasteiger partial charge in [0.1, 0.15) is 0 Å². The van der Waals surface area contributed by atoms with Crippen molar-refractivity contribution in [1.29, 1.82) is 0 Å². The van der Waals surface area contributed by atoms with Gasteiger partial charge in [0.25, 0.3) is 0 Å². The summed E-state index contributed by atoms with van der Waals surface area (Å²) in [7, 11) is 0. The van der Waals surface area contributed by atoms with Gasteiger partial charge < -0.3 is 0 Å². The van der Waals surface area contributed by atoms with Gasteiger partial charge in [-0.25, -0.2) is 0 Å². The summed E-state index contributed by atoms with van der Waals surface area (Å²) in [5.74, 6) is 0.829. The molecule has 2 rings (SSSR count). The normalized spacial score (nSPS) is 36.9. The van der Waals surface area contributed by atoms with Crippen molar-refractivity contribution in [3.05, 3.63) is 23.8 Å². The first-order valence-corrected chi connectivity index (χ1v) is 4.66. The summed E-state index contributed by atoms with van der Waals surface area (Å²) in [4.78, 5) is 0. The van der Waals surface area contributed by atoms with Crippen molar-refractivity contribution >= 4 is 0 Å². The molecule has 0 aromatic carbocycles. The van der Waals surface area contributed by atoms with Gasteiger partial charge in [-0.2, -0.15) is 0 Å². The highest BCUT2D eigenvalue weighted by atomic mass is 14.2. The van der Waals surface area contributed by atoms with Crippen molar-refractivity contribution in [2.45, 2.75) is 38.5 Å². The van der Waals surface area contributed by atoms with Crippen LogP contribution >= 0.6 is 0 Å². The van der Waals surface area contributed by atoms with Crippen LogP contribution in [0.15, 0.2) is 23.8 Å². The van der Waals surface area contributed by atoms with Gasteiger partial charge >= 0.3 is 0 Å². The highest BCUT2D eigenvalue weighted by Crippen LogP contribution is 2.29. The second-order valence-electron chi connectivity index (χ2n) is 3.59. The molecule has 0 aromatic heterocycles. The van der Waals surface area contributed by atoms with E-state index in [0.29, 0.717) is 0 Å². The SMILES string of the molecule is [2H]C1C=CC(=CC2CCCC2)C1. The molecule has 1 fully saturated rings. The van der Waals surface area contributed by atoms with Crippen LogP contribution in [0.5, 0.6) is 0 Å². The van der Waals surface area contributed by atoms with Crippen molar-refractivity contribution in [1.82, 2.24) is 0 Å². The third-order valence-corrected chi connectivity index (χ3v) is 2.65. The van der Waals surface area contributed by atoms with Gasteiger partial charge in [-0.1, -0.05) is 36.6 Å². The van der Waals surface area contributed by atoms with Gasteiger partial charge in [-0.15, -0.1) is 0 Å². The molecule has 0 heteroatoms. The largest absolute Gasteiger partial charge is 0.0839 e. The van der Waals surface area contributed by atoms with Crippen molar-refractivity contribution in [2.75, 3.05) is 0 Å². The van der Waals surface area contributed by atoms with E-state index in [9.17, 15) is 0 Å². The Kier molecular flexibility index (Phi) is 1.79. The summed E-state index contributed by atoms with van der Waals surface area (Å²) in [6.45, 7) is 0. The Bertz CT molecular complexity index is 209. The molecular weight excluding hydrogens is 132 g/mol. The molecular formula is C11H16. The monoisotopic (exact) mass is 149 g/mol. The van der Waals surface area contributed by atoms with Crippen molar-refractivity contribution in [2.24, 2.45) is 5.92 Å². The molecule has 1 saturated carbocycles. The zero-order valence-corrected chi connectivity index (χ0v) is 6.92. The Labute approximate surface area is 70.4 Å². The molecule has 0 nitrogen and oxygen atoms in total. The quantitative estimate of drug-likeness (QED) is 0.535. The van der Waals surface area contributed by atoms with E-state index in [1.54, 1.807) is 0 Å². The van der Waals surface area contributed by atoms with E-state index in [1.165, 1.54) is 31.3 Å². The van der Waals surface area contributed by atoms with Crippen LogP contribution in [0, 0.1) is 5.92 Å². The minimum Gasteiger partial charge on any atom is -0.0839 e. The lowest BCUT2D eigenvalue weighted by atomic mass is 10.0. The average molecular weight is 149 g/mol. The smallest absolute Gasteiger partial charge is 0.0313 e. The van der Waals surface area contributed by atoms with E-state index < -0.39 is 0 Å². The maximum atomic E-state index is 7.51. The standard InChI is InChI=1S/C11H16/c1-2-6-10(5-1)9-11-7-3-4-8-11/h1,5,9,11H,2-4,6-8H2/i2D. The van der Waals surface area contributed by atoms with E-state index in [-0.39, 0.29) is 6.40 Å². The van der Waals surface area contributed by atoms with Crippen molar-refractivity contribution in [3.63, 3.8) is 0 Å². The summed E-state index contributed by atoms with van der Waals surface area (Å²) in [5, 5.41) is 0. The molecule has 0 saturated heterocycles. The Morgan fingerprint density at radius 2 is 2.27 bits per heavy atom. The van der Waals surface area contributed by atoms with E-state index in [1.807, 2.05) is 6.08 Å². The highest BCUT2D eigenvalue weighted by molar-refractivity contribution is 5.25. The summed E-state index contributed by atoms with van der Waals surface area (Å²) in [5.41, 5.74) is 1.40. The molecule has 11 heavy (non-hydrogen) atoms. The van der Waals surface area contributed by atoms with Crippen molar-refractivity contribution < 1.29 is 1.37 Å². The molecule has 0 heterocycles. The van der Waals surface area contributed by atoms with Gasteiger partial charge in [0, 0.05) is 1.37 Å². The van der Waals surface area contributed by atoms with Crippen LogP contribution in [-0.2, 0) is 0 Å². The van der Waals surface area contributed by atoms with E-state index in [4.69, 9.17) is 1.37 Å². The van der Waals surface area contributed by atoms with Crippen LogP contribution in [0.2, 0.25) is 0 Å².